The molecule has 0 atom stereocenters. The molecule has 98 valence electrons. The van der Waals surface area contributed by atoms with Gasteiger partial charge in [0.2, 0.25) is 0 Å². The third kappa shape index (κ3) is 8.45. The first kappa shape index (κ1) is 16.3. The van der Waals surface area contributed by atoms with Gasteiger partial charge in [-0.15, -0.1) is 0 Å². The number of Topliss-reactive ketones (excluding diaryl/α,β-unsaturated/α-hetero) is 1. The quantitative estimate of drug-likeness (QED) is 0.589. The number of hydrogen-bond acceptors (Lipinski definition) is 2. The predicted molar refractivity (Wildman–Crippen MR) is 75.8 cm³/mol. The number of ketones is 2. The van der Waals surface area contributed by atoms with Crippen molar-refractivity contribution in [3.05, 3.63) is 47.5 Å². The van der Waals surface area contributed by atoms with Crippen molar-refractivity contribution < 1.29 is 9.59 Å². The van der Waals surface area contributed by atoms with E-state index in [2.05, 4.69) is 6.92 Å². The van der Waals surface area contributed by atoms with Crippen molar-refractivity contribution in [2.45, 2.75) is 40.5 Å². The summed E-state index contributed by atoms with van der Waals surface area (Å²) in [6.45, 7) is 7.25. The van der Waals surface area contributed by atoms with Gasteiger partial charge in [0.25, 0.3) is 0 Å². The highest BCUT2D eigenvalue weighted by molar-refractivity contribution is 5.93. The third-order valence-electron chi connectivity index (χ3n) is 2.27. The summed E-state index contributed by atoms with van der Waals surface area (Å²) in [7, 11) is 0. The van der Waals surface area contributed by atoms with Crippen LogP contribution >= 0.6 is 0 Å². The second kappa shape index (κ2) is 9.34. The van der Waals surface area contributed by atoms with Gasteiger partial charge in [-0.2, -0.15) is 0 Å². The molecule has 0 fully saturated rings. The van der Waals surface area contributed by atoms with Gasteiger partial charge in [0.05, 0.1) is 0 Å². The van der Waals surface area contributed by atoms with Crippen LogP contribution in [-0.4, -0.2) is 11.6 Å². The summed E-state index contributed by atoms with van der Waals surface area (Å²) < 4.78 is 0. The predicted octanol–water partition coefficient (Wildman–Crippen LogP) is 4.21. The second-order valence-corrected chi connectivity index (χ2v) is 4.27. The first-order valence-corrected chi connectivity index (χ1v) is 6.21. The number of carbonyl (C=O) groups is 2. The molecule has 0 aromatic heterocycles. The lowest BCUT2D eigenvalue weighted by Crippen LogP contribution is -1.88. The maximum absolute atomic E-state index is 10.6. The van der Waals surface area contributed by atoms with Crippen molar-refractivity contribution in [2.24, 2.45) is 0 Å². The Labute approximate surface area is 110 Å². The molecule has 0 amide bonds. The smallest absolute Gasteiger partial charge is 0.159 e. The first-order chi connectivity index (χ1) is 8.47. The zero-order valence-corrected chi connectivity index (χ0v) is 11.7. The summed E-state index contributed by atoms with van der Waals surface area (Å²) >= 11 is 0. The van der Waals surface area contributed by atoms with Crippen LogP contribution in [0.15, 0.2) is 42.0 Å². The molecule has 0 unspecified atom stereocenters. The van der Waals surface area contributed by atoms with E-state index < -0.39 is 0 Å². The largest absolute Gasteiger partial charge is 0.295 e. The highest BCUT2D eigenvalue weighted by atomic mass is 16.1. The Kier molecular flexibility index (Phi) is 8.46. The van der Waals surface area contributed by atoms with Gasteiger partial charge in [0.1, 0.15) is 0 Å². The second-order valence-electron chi connectivity index (χ2n) is 4.27. The Hall–Kier alpha value is -1.70. The van der Waals surface area contributed by atoms with Crippen LogP contribution in [0.2, 0.25) is 0 Å². The summed E-state index contributed by atoms with van der Waals surface area (Å²) in [5.41, 5.74) is 1.96. The molecular weight excluding hydrogens is 224 g/mol. The number of benzene rings is 1. The van der Waals surface area contributed by atoms with Gasteiger partial charge >= 0.3 is 0 Å². The Balaban J connectivity index is 0.000000321. The minimum atomic E-state index is 0.121. The van der Waals surface area contributed by atoms with Gasteiger partial charge in [-0.1, -0.05) is 49.2 Å². The molecule has 2 nitrogen and oxygen atoms in total. The van der Waals surface area contributed by atoms with Crippen LogP contribution in [0.1, 0.15) is 50.9 Å². The molecule has 0 aliphatic heterocycles. The van der Waals surface area contributed by atoms with Gasteiger partial charge in [-0.3, -0.25) is 9.59 Å². The molecule has 1 aromatic rings. The molecule has 0 saturated carbocycles. The lowest BCUT2D eigenvalue weighted by Gasteiger charge is -1.92. The standard InChI is InChI=1S/C8H8O.C8H14O/c1-7(9)8-5-3-2-4-6-8;1-4-5-7(2)6-8(3)9/h2-6H,1H3;6H,4-5H2,1-3H3. The van der Waals surface area contributed by atoms with E-state index in [9.17, 15) is 9.59 Å². The normalized spacial score (nSPS) is 10.3. The molecule has 0 spiro atoms. The van der Waals surface area contributed by atoms with E-state index in [1.165, 1.54) is 5.57 Å². The number of carbonyl (C=O) groups excluding carboxylic acids is 2. The number of rotatable bonds is 4. The van der Waals surface area contributed by atoms with Crippen molar-refractivity contribution >= 4 is 11.6 Å². The van der Waals surface area contributed by atoms with Crippen molar-refractivity contribution in [3.63, 3.8) is 0 Å². The monoisotopic (exact) mass is 246 g/mol. The molecule has 1 aromatic carbocycles. The molecule has 18 heavy (non-hydrogen) atoms. The minimum absolute atomic E-state index is 0.121. The topological polar surface area (TPSA) is 34.1 Å². The molecule has 0 N–H and O–H groups in total. The molecular formula is C16H22O2. The Bertz CT molecular complexity index is 402. The minimum Gasteiger partial charge on any atom is -0.295 e. The Morgan fingerprint density at radius 2 is 1.61 bits per heavy atom. The van der Waals surface area contributed by atoms with E-state index in [4.69, 9.17) is 0 Å². The lowest BCUT2D eigenvalue weighted by atomic mass is 10.1. The van der Waals surface area contributed by atoms with Crippen molar-refractivity contribution in [1.82, 2.24) is 0 Å². The molecule has 1 rings (SSSR count). The average molecular weight is 246 g/mol. The van der Waals surface area contributed by atoms with Crippen LogP contribution in [-0.2, 0) is 4.79 Å². The summed E-state index contributed by atoms with van der Waals surface area (Å²) in [4.78, 5) is 21.1. The van der Waals surface area contributed by atoms with Crippen molar-refractivity contribution in [1.29, 1.82) is 0 Å². The highest BCUT2D eigenvalue weighted by Crippen LogP contribution is 2.01. The van der Waals surface area contributed by atoms with E-state index >= 15 is 0 Å². The molecule has 0 saturated heterocycles. The van der Waals surface area contributed by atoms with E-state index in [-0.39, 0.29) is 11.6 Å². The summed E-state index contributed by atoms with van der Waals surface area (Å²) in [6, 6.07) is 9.23. The van der Waals surface area contributed by atoms with Crippen LogP contribution in [0.4, 0.5) is 0 Å². The van der Waals surface area contributed by atoms with Gasteiger partial charge in [0.15, 0.2) is 11.6 Å². The van der Waals surface area contributed by atoms with Gasteiger partial charge in [-0.25, -0.2) is 0 Å². The third-order valence-corrected chi connectivity index (χ3v) is 2.27. The molecule has 2 heteroatoms. The Morgan fingerprint density at radius 3 is 1.94 bits per heavy atom. The van der Waals surface area contributed by atoms with Gasteiger partial charge in [-0.05, 0) is 33.3 Å². The average Bonchev–Trinajstić information content (AvgIpc) is 2.30. The van der Waals surface area contributed by atoms with Crippen molar-refractivity contribution in [3.8, 4) is 0 Å². The molecule has 0 bridgehead atoms. The zero-order valence-electron chi connectivity index (χ0n) is 11.7. The maximum Gasteiger partial charge on any atom is 0.159 e. The summed E-state index contributed by atoms with van der Waals surface area (Å²) in [5.74, 6) is 0.275. The van der Waals surface area contributed by atoms with E-state index in [1.54, 1.807) is 19.9 Å². The Morgan fingerprint density at radius 1 is 1.06 bits per heavy atom. The van der Waals surface area contributed by atoms with Crippen molar-refractivity contribution in [2.75, 3.05) is 0 Å². The fourth-order valence-corrected chi connectivity index (χ4v) is 1.49. The van der Waals surface area contributed by atoms with E-state index in [1.807, 2.05) is 37.3 Å². The fourth-order valence-electron chi connectivity index (χ4n) is 1.49. The molecule has 0 aliphatic rings. The number of allylic oxidation sites excluding steroid dienone is 2. The fraction of sp³-hybridized carbons (Fsp3) is 0.375. The van der Waals surface area contributed by atoms with Crippen LogP contribution < -0.4 is 0 Å². The number of hydrogen-bond donors (Lipinski definition) is 0. The van der Waals surface area contributed by atoms with Gasteiger partial charge in [0, 0.05) is 5.56 Å². The summed E-state index contributed by atoms with van der Waals surface area (Å²) in [6.07, 6.45) is 3.86. The lowest BCUT2D eigenvalue weighted by molar-refractivity contribution is -0.112. The highest BCUT2D eigenvalue weighted by Gasteiger charge is 1.92. The molecule has 0 heterocycles. The maximum atomic E-state index is 10.6. The van der Waals surface area contributed by atoms with Crippen LogP contribution in [0.5, 0.6) is 0 Å². The van der Waals surface area contributed by atoms with Crippen LogP contribution in [0, 0.1) is 0 Å². The molecule has 0 radical (unpaired) electrons. The zero-order chi connectivity index (χ0) is 14.0. The first-order valence-electron chi connectivity index (χ1n) is 6.21. The van der Waals surface area contributed by atoms with E-state index in [0.717, 1.165) is 18.4 Å². The van der Waals surface area contributed by atoms with Crippen LogP contribution in [0.25, 0.3) is 0 Å². The summed E-state index contributed by atoms with van der Waals surface area (Å²) in [5, 5.41) is 0. The van der Waals surface area contributed by atoms with Crippen LogP contribution in [0.3, 0.4) is 0 Å². The molecule has 0 aliphatic carbocycles. The SMILES string of the molecule is CC(=O)c1ccccc1.CCCC(C)=CC(C)=O. The van der Waals surface area contributed by atoms with E-state index in [0.29, 0.717) is 0 Å². The van der Waals surface area contributed by atoms with Gasteiger partial charge < -0.3 is 0 Å².